The van der Waals surface area contributed by atoms with E-state index < -0.39 is 0 Å². The van der Waals surface area contributed by atoms with Gasteiger partial charge >= 0.3 is 5.97 Å². The van der Waals surface area contributed by atoms with Crippen LogP contribution in [0.25, 0.3) is 0 Å². The molecule has 0 rings (SSSR count). The van der Waals surface area contributed by atoms with Gasteiger partial charge in [0.15, 0.2) is 0 Å². The molecule has 4 heteroatoms. The molecule has 0 fully saturated rings. The first-order chi connectivity index (χ1) is 7.32. The highest BCUT2D eigenvalue weighted by Crippen LogP contribution is 2.10. The Morgan fingerprint density at radius 1 is 1.31 bits per heavy atom. The number of hydrogen-bond acceptors (Lipinski definition) is 4. The Labute approximate surface area is 98.7 Å². The van der Waals surface area contributed by atoms with Crippen molar-refractivity contribution in [2.45, 2.75) is 45.8 Å². The van der Waals surface area contributed by atoms with Crippen LogP contribution < -0.4 is 5.32 Å². The number of nitrogens with one attached hydrogen (secondary N) is 1. The normalized spacial score (nSPS) is 15.6. The number of esters is 1. The van der Waals surface area contributed by atoms with Crippen molar-refractivity contribution in [2.24, 2.45) is 5.92 Å². The summed E-state index contributed by atoms with van der Waals surface area (Å²) in [5, 5.41) is 3.35. The molecule has 0 aliphatic rings. The average molecular weight is 231 g/mol. The van der Waals surface area contributed by atoms with E-state index in [9.17, 15) is 4.79 Å². The third-order valence-electron chi connectivity index (χ3n) is 2.74. The van der Waals surface area contributed by atoms with Crippen molar-refractivity contribution in [2.75, 3.05) is 20.8 Å². The fourth-order valence-electron chi connectivity index (χ4n) is 1.40. The van der Waals surface area contributed by atoms with Crippen LogP contribution in [0.5, 0.6) is 0 Å². The van der Waals surface area contributed by atoms with Crippen LogP contribution in [-0.2, 0) is 14.3 Å². The van der Waals surface area contributed by atoms with Crippen LogP contribution in [0.1, 0.15) is 34.1 Å². The van der Waals surface area contributed by atoms with Gasteiger partial charge in [-0.15, -0.1) is 0 Å². The van der Waals surface area contributed by atoms with E-state index in [4.69, 9.17) is 4.74 Å². The minimum atomic E-state index is -0.178. The summed E-state index contributed by atoms with van der Waals surface area (Å²) in [6, 6.07) is 0.267. The largest absolute Gasteiger partial charge is 0.469 e. The van der Waals surface area contributed by atoms with Crippen LogP contribution in [0, 0.1) is 5.92 Å². The molecule has 16 heavy (non-hydrogen) atoms. The standard InChI is InChI=1S/C12H25NO3/c1-9(11(14)15-5)7-10(2)13-8-12(3,4)16-6/h9-10,13H,7-8H2,1-6H3. The highest BCUT2D eigenvalue weighted by Gasteiger charge is 2.20. The molecule has 0 radical (unpaired) electrons. The highest BCUT2D eigenvalue weighted by molar-refractivity contribution is 5.71. The Morgan fingerprint density at radius 2 is 1.88 bits per heavy atom. The first-order valence-corrected chi connectivity index (χ1v) is 5.68. The first-order valence-electron chi connectivity index (χ1n) is 5.68. The third-order valence-corrected chi connectivity index (χ3v) is 2.74. The zero-order chi connectivity index (χ0) is 12.8. The fourth-order valence-corrected chi connectivity index (χ4v) is 1.40. The van der Waals surface area contributed by atoms with E-state index in [1.165, 1.54) is 7.11 Å². The minimum Gasteiger partial charge on any atom is -0.469 e. The van der Waals surface area contributed by atoms with Crippen LogP contribution in [0.15, 0.2) is 0 Å². The van der Waals surface area contributed by atoms with Crippen LogP contribution >= 0.6 is 0 Å². The van der Waals surface area contributed by atoms with Gasteiger partial charge in [0.25, 0.3) is 0 Å². The van der Waals surface area contributed by atoms with Gasteiger partial charge in [0.1, 0.15) is 0 Å². The molecule has 96 valence electrons. The molecular formula is C12H25NO3. The molecule has 0 saturated heterocycles. The zero-order valence-corrected chi connectivity index (χ0v) is 11.3. The molecule has 0 aliphatic carbocycles. The lowest BCUT2D eigenvalue weighted by molar-refractivity contribution is -0.145. The van der Waals surface area contributed by atoms with E-state index in [1.54, 1.807) is 7.11 Å². The van der Waals surface area contributed by atoms with Crippen molar-refractivity contribution in [1.29, 1.82) is 0 Å². The summed E-state index contributed by atoms with van der Waals surface area (Å²) in [6.07, 6.45) is 0.770. The van der Waals surface area contributed by atoms with Gasteiger partial charge in [-0.1, -0.05) is 6.92 Å². The first kappa shape index (κ1) is 15.4. The van der Waals surface area contributed by atoms with Gasteiger partial charge in [0.05, 0.1) is 18.6 Å². The van der Waals surface area contributed by atoms with Crippen molar-refractivity contribution in [3.05, 3.63) is 0 Å². The van der Waals surface area contributed by atoms with Crippen LogP contribution in [0.2, 0.25) is 0 Å². The van der Waals surface area contributed by atoms with Gasteiger partial charge in [-0.3, -0.25) is 4.79 Å². The molecule has 0 aromatic rings. The van der Waals surface area contributed by atoms with E-state index in [-0.39, 0.29) is 23.5 Å². The fraction of sp³-hybridized carbons (Fsp3) is 0.917. The molecule has 0 aromatic heterocycles. The number of methoxy groups -OCH3 is 2. The van der Waals surface area contributed by atoms with Gasteiger partial charge < -0.3 is 14.8 Å². The van der Waals surface area contributed by atoms with Gasteiger partial charge in [0.2, 0.25) is 0 Å². The predicted molar refractivity (Wildman–Crippen MR) is 64.3 cm³/mol. The molecule has 0 saturated carbocycles. The average Bonchev–Trinajstić information content (AvgIpc) is 2.25. The number of rotatable bonds is 7. The van der Waals surface area contributed by atoms with Crippen molar-refractivity contribution in [3.63, 3.8) is 0 Å². The summed E-state index contributed by atoms with van der Waals surface area (Å²) in [7, 11) is 3.12. The van der Waals surface area contributed by atoms with Gasteiger partial charge in [-0.05, 0) is 27.2 Å². The zero-order valence-electron chi connectivity index (χ0n) is 11.3. The van der Waals surface area contributed by atoms with Crippen molar-refractivity contribution in [1.82, 2.24) is 5.32 Å². The van der Waals surface area contributed by atoms with E-state index in [1.807, 2.05) is 20.8 Å². The van der Waals surface area contributed by atoms with E-state index in [2.05, 4.69) is 17.0 Å². The summed E-state index contributed by atoms with van der Waals surface area (Å²) in [6.45, 7) is 8.75. The topological polar surface area (TPSA) is 47.6 Å². The smallest absolute Gasteiger partial charge is 0.308 e. The lowest BCUT2D eigenvalue weighted by atomic mass is 10.0. The Hall–Kier alpha value is -0.610. The molecule has 0 amide bonds. The Morgan fingerprint density at radius 3 is 2.31 bits per heavy atom. The van der Waals surface area contributed by atoms with Crippen LogP contribution in [0.3, 0.4) is 0 Å². The molecule has 0 spiro atoms. The van der Waals surface area contributed by atoms with Crippen molar-refractivity contribution in [3.8, 4) is 0 Å². The molecule has 0 aliphatic heterocycles. The quantitative estimate of drug-likeness (QED) is 0.676. The van der Waals surface area contributed by atoms with E-state index in [0.29, 0.717) is 0 Å². The Balaban J connectivity index is 3.91. The van der Waals surface area contributed by atoms with Gasteiger partial charge in [-0.25, -0.2) is 0 Å². The Kier molecular flexibility index (Phi) is 6.60. The lowest BCUT2D eigenvalue weighted by Gasteiger charge is -2.26. The molecule has 2 atom stereocenters. The summed E-state index contributed by atoms with van der Waals surface area (Å²) in [5.74, 6) is -0.224. The lowest BCUT2D eigenvalue weighted by Crippen LogP contribution is -2.41. The number of carbonyl (C=O) groups is 1. The third kappa shape index (κ3) is 6.08. The second-order valence-electron chi connectivity index (χ2n) is 4.91. The second-order valence-corrected chi connectivity index (χ2v) is 4.91. The number of hydrogen-bond donors (Lipinski definition) is 1. The number of carbonyl (C=O) groups excluding carboxylic acids is 1. The minimum absolute atomic E-state index is 0.0712. The predicted octanol–water partition coefficient (Wildman–Crippen LogP) is 1.59. The molecule has 0 aromatic carbocycles. The summed E-state index contributed by atoms with van der Waals surface area (Å²) in [4.78, 5) is 11.2. The Bertz CT molecular complexity index is 216. The highest BCUT2D eigenvalue weighted by atomic mass is 16.5. The van der Waals surface area contributed by atoms with Crippen LogP contribution in [0.4, 0.5) is 0 Å². The van der Waals surface area contributed by atoms with Crippen molar-refractivity contribution < 1.29 is 14.3 Å². The second kappa shape index (κ2) is 6.86. The van der Waals surface area contributed by atoms with Gasteiger partial charge in [0, 0.05) is 19.7 Å². The molecular weight excluding hydrogens is 206 g/mol. The number of ether oxygens (including phenoxy) is 2. The maximum Gasteiger partial charge on any atom is 0.308 e. The molecule has 2 unspecified atom stereocenters. The monoisotopic (exact) mass is 231 g/mol. The molecule has 4 nitrogen and oxygen atoms in total. The molecule has 1 N–H and O–H groups in total. The van der Waals surface area contributed by atoms with Crippen LogP contribution in [-0.4, -0.2) is 38.4 Å². The SMILES string of the molecule is COC(=O)C(C)CC(C)NCC(C)(C)OC. The summed E-state index contributed by atoms with van der Waals surface area (Å²) in [5.41, 5.74) is -0.178. The van der Waals surface area contributed by atoms with Crippen molar-refractivity contribution >= 4 is 5.97 Å². The van der Waals surface area contributed by atoms with E-state index >= 15 is 0 Å². The summed E-state index contributed by atoms with van der Waals surface area (Å²) < 4.78 is 10.00. The maximum absolute atomic E-state index is 11.2. The summed E-state index contributed by atoms with van der Waals surface area (Å²) >= 11 is 0. The maximum atomic E-state index is 11.2. The van der Waals surface area contributed by atoms with Gasteiger partial charge in [-0.2, -0.15) is 0 Å². The molecule has 0 bridgehead atoms. The molecule has 0 heterocycles. The van der Waals surface area contributed by atoms with E-state index in [0.717, 1.165) is 13.0 Å².